The van der Waals surface area contributed by atoms with Gasteiger partial charge in [-0.2, -0.15) is 11.8 Å². The number of imide groups is 1. The number of aliphatic hydroxyl groups is 1. The number of thioether (sulfide) groups is 1. The number of aliphatic hydroxyl groups excluding tert-OH is 1. The summed E-state index contributed by atoms with van der Waals surface area (Å²) in [6.45, 7) is 9.62. The van der Waals surface area contributed by atoms with Crippen LogP contribution < -0.4 is 0 Å². The zero-order valence-electron chi connectivity index (χ0n) is 15.5. The molecular formula is C18H29NO4S. The largest absolute Gasteiger partial charge is 0.512 e. The van der Waals surface area contributed by atoms with Gasteiger partial charge in [-0.25, -0.2) is 0 Å². The summed E-state index contributed by atoms with van der Waals surface area (Å²) in [4.78, 5) is 38.7. The molecule has 1 rings (SSSR count). The van der Waals surface area contributed by atoms with Crippen LogP contribution in [0.2, 0.25) is 0 Å². The highest BCUT2D eigenvalue weighted by Crippen LogP contribution is 2.30. The van der Waals surface area contributed by atoms with Gasteiger partial charge in [0, 0.05) is 6.42 Å². The molecular weight excluding hydrogens is 326 g/mol. The lowest BCUT2D eigenvalue weighted by Crippen LogP contribution is -2.41. The van der Waals surface area contributed by atoms with Gasteiger partial charge in [-0.3, -0.25) is 19.3 Å². The molecule has 6 heteroatoms. The summed E-state index contributed by atoms with van der Waals surface area (Å²) in [5.41, 5.74) is -0.145. The Balaban J connectivity index is 2.99. The molecule has 0 aromatic carbocycles. The SMILES string of the molecule is CSCCC1C(=O)/C(=C(\C)O)C(=O)N1C(=O)CC(C)CC(C)(C)C. The molecule has 0 bridgehead atoms. The maximum atomic E-state index is 12.7. The van der Waals surface area contributed by atoms with E-state index < -0.39 is 17.7 Å². The first kappa shape index (κ1) is 20.7. The summed E-state index contributed by atoms with van der Waals surface area (Å²) in [6.07, 6.45) is 3.41. The molecule has 24 heavy (non-hydrogen) atoms. The average molecular weight is 356 g/mol. The van der Waals surface area contributed by atoms with Crippen LogP contribution in [0.4, 0.5) is 0 Å². The van der Waals surface area contributed by atoms with E-state index in [9.17, 15) is 19.5 Å². The minimum Gasteiger partial charge on any atom is -0.512 e. The van der Waals surface area contributed by atoms with Gasteiger partial charge in [-0.15, -0.1) is 0 Å². The number of allylic oxidation sites excluding steroid dienone is 1. The number of amides is 2. The number of nitrogens with zero attached hydrogens (tertiary/aromatic N) is 1. The Morgan fingerprint density at radius 1 is 1.33 bits per heavy atom. The van der Waals surface area contributed by atoms with Crippen molar-refractivity contribution in [2.45, 2.75) is 59.9 Å². The third kappa shape index (κ3) is 5.10. The second-order valence-corrected chi connectivity index (χ2v) is 8.75. The lowest BCUT2D eigenvalue weighted by atomic mass is 9.84. The van der Waals surface area contributed by atoms with E-state index in [4.69, 9.17) is 0 Å². The first-order valence-corrected chi connectivity index (χ1v) is 9.68. The zero-order chi connectivity index (χ0) is 18.7. The normalized spacial score (nSPS) is 22.1. The fraction of sp³-hybridized carbons (Fsp3) is 0.722. The Hall–Kier alpha value is -1.30. The van der Waals surface area contributed by atoms with Crippen molar-refractivity contribution >= 4 is 29.4 Å². The molecule has 1 N–H and O–H groups in total. The third-order valence-electron chi connectivity index (χ3n) is 4.00. The molecule has 1 fully saturated rings. The van der Waals surface area contributed by atoms with E-state index in [2.05, 4.69) is 20.8 Å². The second kappa shape index (κ2) is 8.19. The van der Waals surface area contributed by atoms with Crippen LogP contribution in [0.5, 0.6) is 0 Å². The first-order chi connectivity index (χ1) is 11.0. The van der Waals surface area contributed by atoms with Gasteiger partial charge in [0.15, 0.2) is 5.78 Å². The molecule has 2 amide bonds. The minimum atomic E-state index is -0.781. The summed E-state index contributed by atoms with van der Waals surface area (Å²) in [7, 11) is 0. The maximum Gasteiger partial charge on any atom is 0.268 e. The second-order valence-electron chi connectivity index (χ2n) is 7.76. The molecule has 2 atom stereocenters. The predicted molar refractivity (Wildman–Crippen MR) is 96.8 cm³/mol. The van der Waals surface area contributed by atoms with E-state index in [-0.39, 0.29) is 35.0 Å². The number of Topliss-reactive ketones (excluding diaryl/α,β-unsaturated/α-hetero) is 1. The minimum absolute atomic E-state index is 0.0928. The Morgan fingerprint density at radius 2 is 1.92 bits per heavy atom. The van der Waals surface area contributed by atoms with E-state index in [1.165, 1.54) is 6.92 Å². The molecule has 0 aliphatic carbocycles. The van der Waals surface area contributed by atoms with Gasteiger partial charge in [0.05, 0.1) is 0 Å². The molecule has 1 aliphatic heterocycles. The van der Waals surface area contributed by atoms with Crippen LogP contribution >= 0.6 is 11.8 Å². The van der Waals surface area contributed by atoms with Crippen molar-refractivity contribution < 1.29 is 19.5 Å². The Labute approximate surface area is 148 Å². The number of carbonyl (C=O) groups is 3. The third-order valence-corrected chi connectivity index (χ3v) is 4.65. The van der Waals surface area contributed by atoms with Gasteiger partial charge in [0.2, 0.25) is 5.91 Å². The number of hydrogen-bond acceptors (Lipinski definition) is 5. The molecule has 1 saturated heterocycles. The Kier molecular flexibility index (Phi) is 7.08. The quantitative estimate of drug-likeness (QED) is 0.449. The summed E-state index contributed by atoms with van der Waals surface area (Å²) in [6, 6.07) is -0.781. The fourth-order valence-corrected chi connectivity index (χ4v) is 3.73. The molecule has 0 saturated carbocycles. The molecule has 0 radical (unpaired) electrons. The van der Waals surface area contributed by atoms with Crippen molar-refractivity contribution in [3.05, 3.63) is 11.3 Å². The Morgan fingerprint density at radius 3 is 2.38 bits per heavy atom. The van der Waals surface area contributed by atoms with Crippen molar-refractivity contribution in [3.8, 4) is 0 Å². The number of rotatable bonds is 6. The summed E-state index contributed by atoms with van der Waals surface area (Å²) in [5.74, 6) is -0.942. The zero-order valence-corrected chi connectivity index (χ0v) is 16.3. The first-order valence-electron chi connectivity index (χ1n) is 8.29. The van der Waals surface area contributed by atoms with Crippen molar-refractivity contribution in [2.24, 2.45) is 11.3 Å². The highest BCUT2D eigenvalue weighted by molar-refractivity contribution is 7.98. The lowest BCUT2D eigenvalue weighted by molar-refractivity contribution is -0.144. The standard InChI is InChI=1S/C18H29NO4S/c1-11(10-18(3,4)5)9-14(21)19-13(7-8-24-6)16(22)15(12(2)20)17(19)23/h11,13,20H,7-10H2,1-6H3/b15-12-. The smallest absolute Gasteiger partial charge is 0.268 e. The van der Waals surface area contributed by atoms with E-state index in [1.54, 1.807) is 11.8 Å². The van der Waals surface area contributed by atoms with Gasteiger partial charge in [0.1, 0.15) is 17.4 Å². The van der Waals surface area contributed by atoms with Gasteiger partial charge in [-0.05, 0) is 43.1 Å². The lowest BCUT2D eigenvalue weighted by Gasteiger charge is -2.26. The van der Waals surface area contributed by atoms with E-state index in [0.29, 0.717) is 12.2 Å². The highest BCUT2D eigenvalue weighted by Gasteiger charge is 2.47. The summed E-state index contributed by atoms with van der Waals surface area (Å²) >= 11 is 1.56. The predicted octanol–water partition coefficient (Wildman–Crippen LogP) is 3.34. The van der Waals surface area contributed by atoms with Crippen LogP contribution in [-0.4, -0.2) is 45.7 Å². The van der Waals surface area contributed by atoms with E-state index in [0.717, 1.165) is 11.3 Å². The average Bonchev–Trinajstić information content (AvgIpc) is 2.64. The molecule has 0 spiro atoms. The monoisotopic (exact) mass is 355 g/mol. The molecule has 0 aromatic rings. The number of carbonyl (C=O) groups excluding carboxylic acids is 3. The molecule has 5 nitrogen and oxygen atoms in total. The molecule has 136 valence electrons. The molecule has 2 unspecified atom stereocenters. The summed E-state index contributed by atoms with van der Waals surface area (Å²) in [5, 5.41) is 9.67. The van der Waals surface area contributed by atoms with Crippen molar-refractivity contribution in [1.82, 2.24) is 4.90 Å². The van der Waals surface area contributed by atoms with Gasteiger partial charge >= 0.3 is 0 Å². The van der Waals surface area contributed by atoms with Crippen molar-refractivity contribution in [1.29, 1.82) is 0 Å². The van der Waals surface area contributed by atoms with Crippen LogP contribution in [0.15, 0.2) is 11.3 Å². The van der Waals surface area contributed by atoms with Crippen LogP contribution in [0, 0.1) is 11.3 Å². The fourth-order valence-electron chi connectivity index (χ4n) is 3.28. The molecule has 1 aliphatic rings. The van der Waals surface area contributed by atoms with Crippen LogP contribution in [0.3, 0.4) is 0 Å². The number of hydrogen-bond donors (Lipinski definition) is 1. The van der Waals surface area contributed by atoms with Gasteiger partial charge in [0.25, 0.3) is 5.91 Å². The number of likely N-dealkylation sites (tertiary alicyclic amines) is 1. The van der Waals surface area contributed by atoms with Gasteiger partial charge in [-0.1, -0.05) is 27.7 Å². The highest BCUT2D eigenvalue weighted by atomic mass is 32.2. The molecule has 0 aromatic heterocycles. The Bertz CT molecular complexity index is 544. The van der Waals surface area contributed by atoms with Crippen LogP contribution in [0.25, 0.3) is 0 Å². The van der Waals surface area contributed by atoms with Gasteiger partial charge < -0.3 is 5.11 Å². The maximum absolute atomic E-state index is 12.7. The van der Waals surface area contributed by atoms with E-state index >= 15 is 0 Å². The van der Waals surface area contributed by atoms with Crippen molar-refractivity contribution in [2.75, 3.05) is 12.0 Å². The van der Waals surface area contributed by atoms with E-state index in [1.807, 2.05) is 13.2 Å². The van der Waals surface area contributed by atoms with Crippen LogP contribution in [-0.2, 0) is 14.4 Å². The topological polar surface area (TPSA) is 74.7 Å². The summed E-state index contributed by atoms with van der Waals surface area (Å²) < 4.78 is 0. The van der Waals surface area contributed by atoms with Crippen molar-refractivity contribution in [3.63, 3.8) is 0 Å². The number of ketones is 1. The van der Waals surface area contributed by atoms with Crippen LogP contribution in [0.1, 0.15) is 53.9 Å². The molecule has 1 heterocycles.